The molecule has 0 fully saturated rings. The van der Waals surface area contributed by atoms with Crippen LogP contribution >= 0.6 is 11.8 Å². The lowest BCUT2D eigenvalue weighted by Crippen LogP contribution is -2.26. The van der Waals surface area contributed by atoms with Crippen LogP contribution in [0.15, 0.2) is 52.4 Å². The minimum atomic E-state index is -0.209. The molecule has 2 heterocycles. The molecule has 3 aromatic rings. The van der Waals surface area contributed by atoms with Crippen LogP contribution in [0.1, 0.15) is 16.8 Å². The second-order valence-corrected chi connectivity index (χ2v) is 6.34. The van der Waals surface area contributed by atoms with E-state index in [0.717, 1.165) is 11.8 Å². The van der Waals surface area contributed by atoms with Gasteiger partial charge in [-0.25, -0.2) is 10.1 Å². The number of aromatic nitrogens is 3. The van der Waals surface area contributed by atoms with E-state index < -0.39 is 0 Å². The van der Waals surface area contributed by atoms with Gasteiger partial charge in [-0.15, -0.1) is 11.8 Å². The second-order valence-electron chi connectivity index (χ2n) is 5.54. The lowest BCUT2D eigenvalue weighted by Gasteiger charge is -2.09. The Kier molecular flexibility index (Phi) is 5.85. The Morgan fingerprint density at radius 1 is 1.15 bits per heavy atom. The van der Waals surface area contributed by atoms with E-state index in [1.807, 2.05) is 24.5 Å². The van der Waals surface area contributed by atoms with Crippen molar-refractivity contribution in [1.82, 2.24) is 20.5 Å². The average molecular weight is 369 g/mol. The number of pyridine rings is 1. The van der Waals surface area contributed by atoms with Gasteiger partial charge in [-0.2, -0.15) is 5.10 Å². The van der Waals surface area contributed by atoms with E-state index in [4.69, 9.17) is 0 Å². The molecule has 0 aliphatic heterocycles. The molecule has 0 aliphatic rings. The zero-order valence-corrected chi connectivity index (χ0v) is 15.1. The summed E-state index contributed by atoms with van der Waals surface area (Å²) < 4.78 is 0. The molecule has 7 nitrogen and oxygen atoms in total. The van der Waals surface area contributed by atoms with Gasteiger partial charge in [-0.1, -0.05) is 18.2 Å². The summed E-state index contributed by atoms with van der Waals surface area (Å²) in [5.74, 6) is 0.499. The molecule has 0 radical (unpaired) electrons. The molecule has 134 valence electrons. The highest BCUT2D eigenvalue weighted by Crippen LogP contribution is 2.17. The molecule has 26 heavy (non-hydrogen) atoms. The number of hydrogen-bond acceptors (Lipinski definition) is 6. The normalized spacial score (nSPS) is 10.7. The predicted molar refractivity (Wildman–Crippen MR) is 104 cm³/mol. The fraction of sp³-hybridized carbons (Fsp3) is 0.222. The number of carbonyl (C=O) groups is 1. The second kappa shape index (κ2) is 8.48. The monoisotopic (exact) mass is 369 g/mol. The van der Waals surface area contributed by atoms with Gasteiger partial charge < -0.3 is 10.6 Å². The highest BCUT2D eigenvalue weighted by molar-refractivity contribution is 7.98. The fourth-order valence-electron chi connectivity index (χ4n) is 2.57. The van der Waals surface area contributed by atoms with Crippen molar-refractivity contribution in [3.05, 3.63) is 58.5 Å². The Hall–Kier alpha value is -2.87. The first-order valence-electron chi connectivity index (χ1n) is 8.19. The first kappa shape index (κ1) is 17.9. The molecule has 0 saturated carbocycles. The van der Waals surface area contributed by atoms with Crippen LogP contribution in [-0.4, -0.2) is 40.4 Å². The summed E-state index contributed by atoms with van der Waals surface area (Å²) in [6.45, 7) is 1.14. The number of carbonyl (C=O) groups excluding carboxylic acids is 1. The maximum atomic E-state index is 12.2. The highest BCUT2D eigenvalue weighted by atomic mass is 32.2. The quantitative estimate of drug-likeness (QED) is 0.436. The first-order chi connectivity index (χ1) is 12.7. The van der Waals surface area contributed by atoms with Crippen LogP contribution in [-0.2, 0) is 0 Å². The fourth-order valence-corrected chi connectivity index (χ4v) is 3.12. The number of nitrogens with one attached hydrogen (secondary N) is 3. The molecule has 8 heteroatoms. The van der Waals surface area contributed by atoms with E-state index in [9.17, 15) is 9.59 Å². The lowest BCUT2D eigenvalue weighted by molar-refractivity contribution is 0.0950. The Balaban J connectivity index is 1.53. The van der Waals surface area contributed by atoms with E-state index in [2.05, 4.69) is 25.8 Å². The molecule has 0 unspecified atom stereocenters. The topological polar surface area (TPSA) is 99.8 Å². The molecule has 0 saturated heterocycles. The van der Waals surface area contributed by atoms with E-state index in [0.29, 0.717) is 34.9 Å². The molecule has 1 amide bonds. The van der Waals surface area contributed by atoms with Crippen LogP contribution in [0.25, 0.3) is 10.8 Å². The minimum Gasteiger partial charge on any atom is -0.368 e. The summed E-state index contributed by atoms with van der Waals surface area (Å²) in [5, 5.41) is 14.7. The van der Waals surface area contributed by atoms with Gasteiger partial charge in [0.2, 0.25) is 0 Å². The van der Waals surface area contributed by atoms with Crippen molar-refractivity contribution in [2.24, 2.45) is 0 Å². The van der Waals surface area contributed by atoms with Gasteiger partial charge in [0.25, 0.3) is 11.5 Å². The molecule has 0 aliphatic carbocycles. The Morgan fingerprint density at radius 3 is 2.77 bits per heavy atom. The zero-order valence-electron chi connectivity index (χ0n) is 14.3. The molecule has 1 aromatic carbocycles. The van der Waals surface area contributed by atoms with Gasteiger partial charge in [0.15, 0.2) is 5.82 Å². The summed E-state index contributed by atoms with van der Waals surface area (Å²) in [6.07, 6.45) is 4.29. The number of rotatable bonds is 7. The van der Waals surface area contributed by atoms with E-state index in [-0.39, 0.29) is 11.5 Å². The van der Waals surface area contributed by atoms with Crippen molar-refractivity contribution in [2.75, 3.05) is 24.7 Å². The number of hydrogen-bond donors (Lipinski definition) is 3. The van der Waals surface area contributed by atoms with Gasteiger partial charge in [-0.05, 0) is 30.9 Å². The molecular formula is C18H19N5O2S. The van der Waals surface area contributed by atoms with Crippen LogP contribution < -0.4 is 16.2 Å². The molecule has 0 bridgehead atoms. The highest BCUT2D eigenvalue weighted by Gasteiger charge is 2.10. The third kappa shape index (κ3) is 4.02. The largest absolute Gasteiger partial charge is 0.368 e. The van der Waals surface area contributed by atoms with Crippen molar-refractivity contribution >= 4 is 34.3 Å². The van der Waals surface area contributed by atoms with Gasteiger partial charge >= 0.3 is 0 Å². The molecule has 2 aromatic heterocycles. The maximum absolute atomic E-state index is 12.2. The maximum Gasteiger partial charge on any atom is 0.272 e. The average Bonchev–Trinajstić information content (AvgIpc) is 2.69. The number of fused-ring (bicyclic) bond motifs is 1. The Labute approximate surface area is 154 Å². The molecule has 3 rings (SSSR count). The van der Waals surface area contributed by atoms with Crippen LogP contribution in [0.2, 0.25) is 0 Å². The summed E-state index contributed by atoms with van der Waals surface area (Å²) in [4.78, 5) is 28.2. The van der Waals surface area contributed by atoms with Crippen molar-refractivity contribution in [3.8, 4) is 0 Å². The van der Waals surface area contributed by atoms with Crippen LogP contribution in [0, 0.1) is 0 Å². The van der Waals surface area contributed by atoms with Gasteiger partial charge in [0, 0.05) is 24.7 Å². The third-order valence-electron chi connectivity index (χ3n) is 3.84. The molecule has 0 spiro atoms. The smallest absolute Gasteiger partial charge is 0.272 e. The summed E-state index contributed by atoms with van der Waals surface area (Å²) >= 11 is 1.45. The van der Waals surface area contributed by atoms with Gasteiger partial charge in [0.05, 0.1) is 10.9 Å². The number of thioether (sulfide) groups is 1. The number of amides is 1. The van der Waals surface area contributed by atoms with Crippen LogP contribution in [0.4, 0.5) is 5.82 Å². The zero-order chi connectivity index (χ0) is 18.4. The number of H-pyrrole nitrogens is 1. The SMILES string of the molecule is CSc1ncccc1C(=O)NCCCNc1n[nH]c(=O)c2ccccc12. The van der Waals surface area contributed by atoms with Crippen molar-refractivity contribution in [1.29, 1.82) is 0 Å². The van der Waals surface area contributed by atoms with Crippen molar-refractivity contribution in [3.63, 3.8) is 0 Å². The molecule has 3 N–H and O–H groups in total. The Morgan fingerprint density at radius 2 is 1.96 bits per heavy atom. The number of nitrogens with zero attached hydrogens (tertiary/aromatic N) is 2. The number of benzene rings is 1. The lowest BCUT2D eigenvalue weighted by atomic mass is 10.2. The van der Waals surface area contributed by atoms with Crippen molar-refractivity contribution < 1.29 is 4.79 Å². The van der Waals surface area contributed by atoms with Crippen molar-refractivity contribution in [2.45, 2.75) is 11.4 Å². The first-order valence-corrected chi connectivity index (χ1v) is 9.41. The van der Waals surface area contributed by atoms with Crippen LogP contribution in [0.5, 0.6) is 0 Å². The van der Waals surface area contributed by atoms with Gasteiger partial charge in [0.1, 0.15) is 5.03 Å². The van der Waals surface area contributed by atoms with Gasteiger partial charge in [-0.3, -0.25) is 9.59 Å². The summed E-state index contributed by atoms with van der Waals surface area (Å²) in [5.41, 5.74) is 0.376. The number of aromatic amines is 1. The minimum absolute atomic E-state index is 0.130. The summed E-state index contributed by atoms with van der Waals surface area (Å²) in [7, 11) is 0. The third-order valence-corrected chi connectivity index (χ3v) is 4.55. The standard InChI is InChI=1S/C18H19N5O2S/c1-26-18-14(8-4-9-21-18)16(24)20-11-5-10-19-15-12-6-2-3-7-13(12)17(25)23-22-15/h2-4,6-9H,5,10-11H2,1H3,(H,19,22)(H,20,24)(H,23,25). The van der Waals surface area contributed by atoms with E-state index in [1.54, 1.807) is 24.4 Å². The van der Waals surface area contributed by atoms with E-state index >= 15 is 0 Å². The predicted octanol–water partition coefficient (Wildman–Crippen LogP) is 2.27. The summed E-state index contributed by atoms with van der Waals surface area (Å²) in [6, 6.07) is 10.8. The molecular weight excluding hydrogens is 350 g/mol. The van der Waals surface area contributed by atoms with E-state index in [1.165, 1.54) is 11.8 Å². The molecule has 0 atom stereocenters. The Bertz CT molecular complexity index is 973. The van der Waals surface area contributed by atoms with Crippen LogP contribution in [0.3, 0.4) is 0 Å². The number of anilines is 1.